The Morgan fingerprint density at radius 2 is 2.15 bits per heavy atom. The fourth-order valence-corrected chi connectivity index (χ4v) is 3.32. The number of anilines is 1. The first kappa shape index (κ1) is 13.4. The number of para-hydroxylation sites is 1. The molecule has 4 rings (SSSR count). The Morgan fingerprint density at radius 1 is 1.45 bits per heavy atom. The number of rotatable bonds is 2. The Morgan fingerprint density at radius 3 is 2.80 bits per heavy atom. The third kappa shape index (κ3) is 1.89. The van der Waals surface area contributed by atoms with E-state index in [0.29, 0.717) is 6.54 Å². The largest absolute Gasteiger partial charge is 0.469 e. The number of carbonyl (C=O) groups excluding carboxylic acids is 2. The smallest absolute Gasteiger partial charge is 0.310 e. The lowest BCUT2D eigenvalue weighted by Crippen LogP contribution is -2.74. The molecule has 6 heteroatoms. The molecule has 0 saturated carbocycles. The van der Waals surface area contributed by atoms with Crippen LogP contribution in [0.5, 0.6) is 0 Å². The third-order valence-electron chi connectivity index (χ3n) is 3.98. The normalized spacial score (nSPS) is 32.3. The fourth-order valence-electron chi connectivity index (χ4n) is 2.98. The number of hydrogen-bond donors (Lipinski definition) is 1. The average molecular weight is 295 g/mol. The number of halogens is 1. The van der Waals surface area contributed by atoms with Gasteiger partial charge in [-0.3, -0.25) is 14.9 Å². The van der Waals surface area contributed by atoms with Crippen LogP contribution in [0.2, 0.25) is 0 Å². The number of benzene rings is 1. The number of carbonyl (C=O) groups is 2. The molecule has 3 atom stereocenters. The van der Waals surface area contributed by atoms with Crippen LogP contribution in [0.4, 0.5) is 5.69 Å². The van der Waals surface area contributed by atoms with Crippen molar-refractivity contribution in [1.82, 2.24) is 5.32 Å². The molecule has 106 valence electrons. The Bertz CT molecular complexity index is 551. The van der Waals surface area contributed by atoms with Crippen molar-refractivity contribution < 1.29 is 14.3 Å². The number of piperazine rings is 1. The summed E-state index contributed by atoms with van der Waals surface area (Å²) in [6.45, 7) is 0.476. The van der Waals surface area contributed by atoms with E-state index in [0.717, 1.165) is 5.69 Å². The lowest BCUT2D eigenvalue weighted by atomic mass is 9.81. The van der Waals surface area contributed by atoms with Crippen LogP contribution in [0.3, 0.4) is 0 Å². The second-order valence-electron chi connectivity index (χ2n) is 5.09. The average Bonchev–Trinajstić information content (AvgIpc) is 2.48. The first-order valence-corrected chi connectivity index (χ1v) is 6.85. The molecule has 3 fully saturated rings. The first-order valence-electron chi connectivity index (χ1n) is 6.47. The zero-order valence-corrected chi connectivity index (χ0v) is 11.8. The second kappa shape index (κ2) is 4.75. The van der Waals surface area contributed by atoms with Crippen LogP contribution in [0.1, 0.15) is 6.42 Å². The molecule has 20 heavy (non-hydrogen) atoms. The van der Waals surface area contributed by atoms with Gasteiger partial charge >= 0.3 is 5.97 Å². The number of alkyl halides is 1. The van der Waals surface area contributed by atoms with Crippen molar-refractivity contribution in [3.05, 3.63) is 30.3 Å². The summed E-state index contributed by atoms with van der Waals surface area (Å²) >= 11 is 6.38. The molecule has 3 aliphatic heterocycles. The van der Waals surface area contributed by atoms with Gasteiger partial charge in [-0.05, 0) is 12.1 Å². The van der Waals surface area contributed by atoms with E-state index < -0.39 is 10.9 Å². The van der Waals surface area contributed by atoms with E-state index in [2.05, 4.69) is 5.32 Å². The molecule has 0 aliphatic carbocycles. The summed E-state index contributed by atoms with van der Waals surface area (Å²) in [7, 11) is 1.35. The molecule has 0 radical (unpaired) electrons. The molecule has 0 unspecified atom stereocenters. The number of hydrogen-bond acceptors (Lipinski definition) is 4. The summed E-state index contributed by atoms with van der Waals surface area (Å²) in [4.78, 5) is 24.9. The quantitative estimate of drug-likeness (QED) is 0.504. The minimum atomic E-state index is -1.22. The van der Waals surface area contributed by atoms with Crippen molar-refractivity contribution in [1.29, 1.82) is 0 Å². The van der Waals surface area contributed by atoms with Gasteiger partial charge in [-0.25, -0.2) is 0 Å². The van der Waals surface area contributed by atoms with E-state index in [9.17, 15) is 9.59 Å². The summed E-state index contributed by atoms with van der Waals surface area (Å²) in [5, 5.41) is 3.02. The van der Waals surface area contributed by atoms with Gasteiger partial charge in [-0.2, -0.15) is 0 Å². The zero-order chi connectivity index (χ0) is 14.3. The molecule has 1 amide bonds. The van der Waals surface area contributed by atoms with Gasteiger partial charge in [-0.15, -0.1) is 0 Å². The van der Waals surface area contributed by atoms with Crippen LogP contribution in [-0.2, 0) is 14.3 Å². The molecule has 3 heterocycles. The van der Waals surface area contributed by atoms with Gasteiger partial charge in [0.2, 0.25) is 0 Å². The van der Waals surface area contributed by atoms with Gasteiger partial charge in [0.05, 0.1) is 19.1 Å². The van der Waals surface area contributed by atoms with Crippen molar-refractivity contribution in [2.45, 2.75) is 17.5 Å². The second-order valence-corrected chi connectivity index (χ2v) is 5.74. The van der Waals surface area contributed by atoms with Crippen LogP contribution in [0, 0.1) is 5.92 Å². The lowest BCUT2D eigenvalue weighted by Gasteiger charge is -2.52. The van der Waals surface area contributed by atoms with Crippen molar-refractivity contribution in [3.63, 3.8) is 0 Å². The summed E-state index contributed by atoms with van der Waals surface area (Å²) in [5.41, 5.74) is 0.752. The highest BCUT2D eigenvalue weighted by Gasteiger charge is 2.57. The maximum atomic E-state index is 12.5. The van der Waals surface area contributed by atoms with Crippen LogP contribution in [0.15, 0.2) is 30.3 Å². The third-order valence-corrected chi connectivity index (χ3v) is 4.43. The van der Waals surface area contributed by atoms with Crippen LogP contribution in [-0.4, -0.2) is 36.6 Å². The number of nitrogens with one attached hydrogen (secondary N) is 1. The Hall–Kier alpha value is -1.59. The summed E-state index contributed by atoms with van der Waals surface area (Å²) in [6, 6.07) is 9.00. The van der Waals surface area contributed by atoms with E-state index >= 15 is 0 Å². The van der Waals surface area contributed by atoms with Gasteiger partial charge in [0.25, 0.3) is 5.91 Å². The molecule has 0 aromatic heterocycles. The van der Waals surface area contributed by atoms with Gasteiger partial charge in [0, 0.05) is 18.7 Å². The highest BCUT2D eigenvalue weighted by molar-refractivity contribution is 6.37. The standard InChI is InChI=1S/C14H15ClN2O3/c1-20-12(18)10-7-14(15)13(19)17(11(10)8-16-14)9-5-3-2-4-6-9/h2-6,10-11,16H,7-8H2,1H3/t10-,11+,14-/m1/s1. The number of piperidine rings is 2. The number of ether oxygens (including phenoxy) is 1. The summed E-state index contributed by atoms with van der Waals surface area (Å²) in [5.74, 6) is -0.937. The highest BCUT2D eigenvalue weighted by Crippen LogP contribution is 2.41. The molecule has 1 aromatic rings. The van der Waals surface area contributed by atoms with Crippen molar-refractivity contribution in [2.75, 3.05) is 18.6 Å². The zero-order valence-electron chi connectivity index (χ0n) is 11.0. The summed E-state index contributed by atoms with van der Waals surface area (Å²) in [6.07, 6.45) is 0.258. The van der Waals surface area contributed by atoms with E-state index in [1.54, 1.807) is 4.90 Å². The molecule has 1 aromatic carbocycles. The number of methoxy groups -OCH3 is 1. The van der Waals surface area contributed by atoms with Crippen molar-refractivity contribution in [3.8, 4) is 0 Å². The lowest BCUT2D eigenvalue weighted by molar-refractivity contribution is -0.150. The topological polar surface area (TPSA) is 58.6 Å². The van der Waals surface area contributed by atoms with E-state index in [-0.39, 0.29) is 24.3 Å². The van der Waals surface area contributed by atoms with Crippen molar-refractivity contribution in [2.24, 2.45) is 5.92 Å². The highest BCUT2D eigenvalue weighted by atomic mass is 35.5. The maximum Gasteiger partial charge on any atom is 0.310 e. The molecule has 2 bridgehead atoms. The molecule has 1 N–H and O–H groups in total. The predicted octanol–water partition coefficient (Wildman–Crippen LogP) is 1.12. The van der Waals surface area contributed by atoms with E-state index in [1.807, 2.05) is 30.3 Å². The Kier molecular flexibility index (Phi) is 3.18. The van der Waals surface area contributed by atoms with Gasteiger partial charge in [0.15, 0.2) is 5.00 Å². The maximum absolute atomic E-state index is 12.5. The number of fused-ring (bicyclic) bond motifs is 3. The van der Waals surface area contributed by atoms with Crippen LogP contribution >= 0.6 is 11.6 Å². The summed E-state index contributed by atoms with van der Waals surface area (Å²) < 4.78 is 4.84. The van der Waals surface area contributed by atoms with Gasteiger partial charge in [-0.1, -0.05) is 29.8 Å². The minimum Gasteiger partial charge on any atom is -0.469 e. The minimum absolute atomic E-state index is 0.207. The van der Waals surface area contributed by atoms with E-state index in [1.165, 1.54) is 7.11 Å². The SMILES string of the molecule is COC(=O)[C@@H]1C[C@@]2(Cl)NC[C@@H]1N(c1ccccc1)C2=O. The van der Waals surface area contributed by atoms with Gasteiger partial charge in [0.1, 0.15) is 0 Å². The molecule has 0 spiro atoms. The molecular formula is C14H15ClN2O3. The first-order chi connectivity index (χ1) is 9.57. The molecular weight excluding hydrogens is 280 g/mol. The number of nitrogens with zero attached hydrogens (tertiary/aromatic N) is 1. The van der Waals surface area contributed by atoms with Crippen molar-refractivity contribution >= 4 is 29.2 Å². The number of esters is 1. The Labute approximate surface area is 121 Å². The molecule has 3 aliphatic rings. The predicted molar refractivity (Wildman–Crippen MR) is 74.4 cm³/mol. The van der Waals surface area contributed by atoms with E-state index in [4.69, 9.17) is 16.3 Å². The molecule has 5 nitrogen and oxygen atoms in total. The van der Waals surface area contributed by atoms with Crippen LogP contribution in [0.25, 0.3) is 0 Å². The fraction of sp³-hybridized carbons (Fsp3) is 0.429. The molecule has 3 saturated heterocycles. The van der Waals surface area contributed by atoms with Crippen LogP contribution < -0.4 is 10.2 Å². The van der Waals surface area contributed by atoms with Gasteiger partial charge < -0.3 is 9.64 Å². The number of amides is 1. The Balaban J connectivity index is 2.01. The monoisotopic (exact) mass is 294 g/mol.